The number of aromatic nitrogens is 1. The van der Waals surface area contributed by atoms with Crippen molar-refractivity contribution in [3.63, 3.8) is 0 Å². The molecule has 0 aliphatic heterocycles. The second kappa shape index (κ2) is 6.59. The third-order valence-electron chi connectivity index (χ3n) is 4.10. The largest absolute Gasteiger partial charge is 0.507 e. The molecule has 0 spiro atoms. The number of hydrogen-bond acceptors (Lipinski definition) is 5. The molecule has 4 rings (SSSR count). The Kier molecular flexibility index (Phi) is 4.24. The topological polar surface area (TPSA) is 88.5 Å². The van der Waals surface area contributed by atoms with E-state index in [9.17, 15) is 9.90 Å². The van der Waals surface area contributed by atoms with Gasteiger partial charge in [0.2, 0.25) is 5.89 Å². The minimum Gasteiger partial charge on any atom is -0.507 e. The SMILES string of the molecule is Cc1cc(C)c2oc(-c3cc(NC(=O)c4ccc(Br)o4)ccc3O)nc2c1. The predicted octanol–water partition coefficient (Wildman–Crippen LogP) is 5.43. The molecule has 2 N–H and O–H groups in total. The van der Waals surface area contributed by atoms with Gasteiger partial charge in [-0.05, 0) is 77.3 Å². The fraction of sp³-hybridized carbons (Fsp3) is 0.100. The number of carbonyl (C=O) groups excluding carboxylic acids is 1. The molecule has 1 amide bonds. The van der Waals surface area contributed by atoms with E-state index in [0.29, 0.717) is 21.5 Å². The summed E-state index contributed by atoms with van der Waals surface area (Å²) in [6.07, 6.45) is 0. The standard InChI is InChI=1S/C20H15BrN2O4/c1-10-7-11(2)18-14(8-10)23-20(27-18)13-9-12(3-4-15(13)24)22-19(25)16-5-6-17(21)26-16/h3-9,24H,1-2H3,(H,22,25). The van der Waals surface area contributed by atoms with Crippen LogP contribution in [0.1, 0.15) is 21.7 Å². The average molecular weight is 427 g/mol. The van der Waals surface area contributed by atoms with E-state index >= 15 is 0 Å². The van der Waals surface area contributed by atoms with Crippen molar-refractivity contribution in [2.24, 2.45) is 0 Å². The molecule has 0 aliphatic rings. The molecule has 2 aromatic carbocycles. The Bertz CT molecular complexity index is 1180. The Morgan fingerprint density at radius 3 is 2.67 bits per heavy atom. The number of anilines is 1. The first-order valence-electron chi connectivity index (χ1n) is 8.18. The molecule has 0 bridgehead atoms. The van der Waals surface area contributed by atoms with Crippen LogP contribution in [0.5, 0.6) is 5.75 Å². The number of halogens is 1. The van der Waals surface area contributed by atoms with E-state index in [1.165, 1.54) is 6.07 Å². The first-order chi connectivity index (χ1) is 12.9. The highest BCUT2D eigenvalue weighted by molar-refractivity contribution is 9.10. The van der Waals surface area contributed by atoms with Crippen molar-refractivity contribution < 1.29 is 18.7 Å². The van der Waals surface area contributed by atoms with Crippen molar-refractivity contribution in [2.45, 2.75) is 13.8 Å². The number of aromatic hydroxyl groups is 1. The van der Waals surface area contributed by atoms with Gasteiger partial charge >= 0.3 is 0 Å². The van der Waals surface area contributed by atoms with Crippen LogP contribution in [-0.4, -0.2) is 16.0 Å². The second-order valence-electron chi connectivity index (χ2n) is 6.24. The highest BCUT2D eigenvalue weighted by Gasteiger charge is 2.16. The van der Waals surface area contributed by atoms with Crippen molar-refractivity contribution in [3.05, 3.63) is 64.0 Å². The minimum absolute atomic E-state index is 0.00896. The number of furan rings is 1. The van der Waals surface area contributed by atoms with Crippen molar-refractivity contribution >= 4 is 38.6 Å². The lowest BCUT2D eigenvalue weighted by molar-refractivity contribution is 0.0995. The third-order valence-corrected chi connectivity index (χ3v) is 4.53. The Labute approximate surface area is 163 Å². The van der Waals surface area contributed by atoms with Gasteiger partial charge in [0, 0.05) is 5.69 Å². The number of phenolic OH excluding ortho intramolecular Hbond substituents is 1. The van der Waals surface area contributed by atoms with E-state index < -0.39 is 5.91 Å². The number of nitrogens with zero attached hydrogens (tertiary/aromatic N) is 1. The number of benzene rings is 2. The lowest BCUT2D eigenvalue weighted by atomic mass is 10.1. The van der Waals surface area contributed by atoms with Crippen LogP contribution in [0.2, 0.25) is 0 Å². The van der Waals surface area contributed by atoms with Gasteiger partial charge in [-0.25, -0.2) is 4.98 Å². The fourth-order valence-electron chi connectivity index (χ4n) is 2.91. The summed E-state index contributed by atoms with van der Waals surface area (Å²) in [6, 6.07) is 11.8. The molecular formula is C20H15BrN2O4. The summed E-state index contributed by atoms with van der Waals surface area (Å²) in [6.45, 7) is 3.93. The van der Waals surface area contributed by atoms with Gasteiger partial charge in [-0.15, -0.1) is 0 Å². The second-order valence-corrected chi connectivity index (χ2v) is 7.02. The number of phenols is 1. The zero-order valence-electron chi connectivity index (χ0n) is 14.5. The molecule has 0 unspecified atom stereocenters. The normalized spacial score (nSPS) is 11.1. The summed E-state index contributed by atoms with van der Waals surface area (Å²) in [7, 11) is 0. The number of hydrogen-bond donors (Lipinski definition) is 2. The highest BCUT2D eigenvalue weighted by atomic mass is 79.9. The summed E-state index contributed by atoms with van der Waals surface area (Å²) in [4.78, 5) is 16.7. The van der Waals surface area contributed by atoms with E-state index in [1.807, 2.05) is 26.0 Å². The lowest BCUT2D eigenvalue weighted by Crippen LogP contribution is -2.10. The molecule has 0 atom stereocenters. The van der Waals surface area contributed by atoms with Crippen LogP contribution in [0.3, 0.4) is 0 Å². The van der Waals surface area contributed by atoms with Crippen LogP contribution in [0.25, 0.3) is 22.6 Å². The van der Waals surface area contributed by atoms with E-state index in [2.05, 4.69) is 26.2 Å². The quantitative estimate of drug-likeness (QED) is 0.426. The Balaban J connectivity index is 1.70. The fourth-order valence-corrected chi connectivity index (χ4v) is 3.21. The van der Waals surface area contributed by atoms with Crippen molar-refractivity contribution in [1.29, 1.82) is 0 Å². The Morgan fingerprint density at radius 1 is 1.11 bits per heavy atom. The van der Waals surface area contributed by atoms with Gasteiger partial charge in [0.1, 0.15) is 11.3 Å². The van der Waals surface area contributed by atoms with Crippen molar-refractivity contribution in [2.75, 3.05) is 5.32 Å². The van der Waals surface area contributed by atoms with Crippen molar-refractivity contribution in [1.82, 2.24) is 4.98 Å². The maximum Gasteiger partial charge on any atom is 0.291 e. The first kappa shape index (κ1) is 17.4. The zero-order valence-corrected chi connectivity index (χ0v) is 16.1. The lowest BCUT2D eigenvalue weighted by Gasteiger charge is -2.06. The number of rotatable bonds is 3. The molecule has 0 saturated carbocycles. The zero-order chi connectivity index (χ0) is 19.1. The van der Waals surface area contributed by atoms with Crippen LogP contribution in [0.4, 0.5) is 5.69 Å². The van der Waals surface area contributed by atoms with E-state index in [-0.39, 0.29) is 17.4 Å². The molecule has 2 aromatic heterocycles. The molecule has 0 fully saturated rings. The van der Waals surface area contributed by atoms with Gasteiger partial charge in [-0.1, -0.05) is 6.07 Å². The van der Waals surface area contributed by atoms with Gasteiger partial charge in [0.25, 0.3) is 5.91 Å². The smallest absolute Gasteiger partial charge is 0.291 e. The predicted molar refractivity (Wildman–Crippen MR) is 105 cm³/mol. The number of fused-ring (bicyclic) bond motifs is 1. The van der Waals surface area contributed by atoms with Crippen LogP contribution >= 0.6 is 15.9 Å². The van der Waals surface area contributed by atoms with Gasteiger partial charge < -0.3 is 19.3 Å². The Morgan fingerprint density at radius 2 is 1.93 bits per heavy atom. The highest BCUT2D eigenvalue weighted by Crippen LogP contribution is 2.34. The summed E-state index contributed by atoms with van der Waals surface area (Å²) in [5.41, 5.74) is 4.31. The van der Waals surface area contributed by atoms with E-state index in [4.69, 9.17) is 8.83 Å². The summed E-state index contributed by atoms with van der Waals surface area (Å²) >= 11 is 3.16. The number of carbonyl (C=O) groups is 1. The number of nitrogens with one attached hydrogen (secondary N) is 1. The van der Waals surface area contributed by atoms with E-state index in [1.54, 1.807) is 24.3 Å². The molecule has 6 nitrogen and oxygen atoms in total. The molecule has 27 heavy (non-hydrogen) atoms. The van der Waals surface area contributed by atoms with Gasteiger partial charge in [-0.2, -0.15) is 0 Å². The number of amides is 1. The van der Waals surface area contributed by atoms with Crippen LogP contribution in [0, 0.1) is 13.8 Å². The Hall–Kier alpha value is -3.06. The van der Waals surface area contributed by atoms with E-state index in [0.717, 1.165) is 16.6 Å². The molecule has 0 aliphatic carbocycles. The molecule has 2 heterocycles. The minimum atomic E-state index is -0.402. The summed E-state index contributed by atoms with van der Waals surface area (Å²) < 4.78 is 11.6. The van der Waals surface area contributed by atoms with Crippen molar-refractivity contribution in [3.8, 4) is 17.2 Å². The molecule has 4 aromatic rings. The van der Waals surface area contributed by atoms with Gasteiger partial charge in [-0.3, -0.25) is 4.79 Å². The van der Waals surface area contributed by atoms with Crippen LogP contribution < -0.4 is 5.32 Å². The molecule has 0 saturated heterocycles. The maximum atomic E-state index is 12.3. The molecular weight excluding hydrogens is 412 g/mol. The molecule has 0 radical (unpaired) electrons. The van der Waals surface area contributed by atoms with Crippen LogP contribution in [-0.2, 0) is 0 Å². The first-order valence-corrected chi connectivity index (χ1v) is 8.98. The molecule has 136 valence electrons. The average Bonchev–Trinajstić information content (AvgIpc) is 3.23. The summed E-state index contributed by atoms with van der Waals surface area (Å²) in [5.74, 6) is 0.0635. The van der Waals surface area contributed by atoms with Crippen LogP contribution in [0.15, 0.2) is 56.0 Å². The van der Waals surface area contributed by atoms with Gasteiger partial charge in [0.15, 0.2) is 16.0 Å². The molecule has 7 heteroatoms. The monoisotopic (exact) mass is 426 g/mol. The van der Waals surface area contributed by atoms with Gasteiger partial charge in [0.05, 0.1) is 5.56 Å². The third kappa shape index (κ3) is 3.33. The maximum absolute atomic E-state index is 12.3. The summed E-state index contributed by atoms with van der Waals surface area (Å²) in [5, 5.41) is 13.0. The number of oxazole rings is 1. The number of aryl methyl sites for hydroxylation is 2.